The standard InChI is InChI=1S/C12H14BrClN2O/c13-9-5-4-7(6-10(9)14)16-12(17)8-2-1-3-11(8)15/h4-6,8,11H,1-3,15H2,(H,16,17). The van der Waals surface area contributed by atoms with Crippen LogP contribution in [0.1, 0.15) is 19.3 Å². The third-order valence-electron chi connectivity index (χ3n) is 3.09. The van der Waals surface area contributed by atoms with Crippen molar-refractivity contribution in [2.75, 3.05) is 5.32 Å². The van der Waals surface area contributed by atoms with Gasteiger partial charge in [-0.1, -0.05) is 18.0 Å². The topological polar surface area (TPSA) is 55.1 Å². The molecule has 3 nitrogen and oxygen atoms in total. The molecule has 1 saturated carbocycles. The maximum absolute atomic E-state index is 12.0. The second-order valence-electron chi connectivity index (χ2n) is 4.32. The first-order valence-electron chi connectivity index (χ1n) is 5.59. The van der Waals surface area contributed by atoms with Crippen molar-refractivity contribution in [1.82, 2.24) is 0 Å². The molecule has 0 heterocycles. The van der Waals surface area contributed by atoms with Gasteiger partial charge in [-0.2, -0.15) is 0 Å². The molecule has 0 aliphatic heterocycles. The van der Waals surface area contributed by atoms with Gasteiger partial charge in [-0.05, 0) is 47.0 Å². The lowest BCUT2D eigenvalue weighted by atomic mass is 10.0. The first kappa shape index (κ1) is 12.9. The van der Waals surface area contributed by atoms with Gasteiger partial charge in [0.25, 0.3) is 0 Å². The third kappa shape index (κ3) is 3.00. The summed E-state index contributed by atoms with van der Waals surface area (Å²) in [6, 6.07) is 5.34. The normalized spacial score (nSPS) is 23.7. The Labute approximate surface area is 114 Å². The summed E-state index contributed by atoms with van der Waals surface area (Å²) in [6.07, 6.45) is 2.83. The fourth-order valence-electron chi connectivity index (χ4n) is 2.12. The molecule has 0 aromatic heterocycles. The summed E-state index contributed by atoms with van der Waals surface area (Å²) >= 11 is 9.27. The van der Waals surface area contributed by atoms with Crippen LogP contribution in [-0.4, -0.2) is 11.9 Å². The highest BCUT2D eigenvalue weighted by Crippen LogP contribution is 2.28. The van der Waals surface area contributed by atoms with E-state index in [2.05, 4.69) is 21.2 Å². The first-order valence-corrected chi connectivity index (χ1v) is 6.76. The van der Waals surface area contributed by atoms with Crippen LogP contribution in [0.4, 0.5) is 5.69 Å². The number of nitrogens with two attached hydrogens (primary N) is 1. The summed E-state index contributed by atoms with van der Waals surface area (Å²) in [7, 11) is 0. The number of nitrogens with one attached hydrogen (secondary N) is 1. The zero-order valence-corrected chi connectivity index (χ0v) is 11.6. The molecule has 1 aromatic carbocycles. The molecule has 5 heteroatoms. The molecule has 1 aromatic rings. The molecule has 0 spiro atoms. The van der Waals surface area contributed by atoms with Crippen molar-refractivity contribution in [3.05, 3.63) is 27.7 Å². The van der Waals surface area contributed by atoms with E-state index in [1.807, 2.05) is 12.1 Å². The van der Waals surface area contributed by atoms with Crippen LogP contribution in [0, 0.1) is 5.92 Å². The molecule has 0 radical (unpaired) electrons. The molecule has 0 bridgehead atoms. The largest absolute Gasteiger partial charge is 0.327 e. The van der Waals surface area contributed by atoms with E-state index in [-0.39, 0.29) is 17.9 Å². The minimum absolute atomic E-state index is 0.00612. The minimum atomic E-state index is -0.0718. The van der Waals surface area contributed by atoms with E-state index in [0.29, 0.717) is 10.7 Å². The highest BCUT2D eigenvalue weighted by atomic mass is 79.9. The Morgan fingerprint density at radius 1 is 1.47 bits per heavy atom. The summed E-state index contributed by atoms with van der Waals surface area (Å²) in [5, 5.41) is 3.44. The van der Waals surface area contributed by atoms with E-state index in [9.17, 15) is 4.79 Å². The zero-order chi connectivity index (χ0) is 12.4. The van der Waals surface area contributed by atoms with Gasteiger partial charge in [-0.25, -0.2) is 0 Å². The molecule has 92 valence electrons. The van der Waals surface area contributed by atoms with E-state index in [4.69, 9.17) is 17.3 Å². The molecule has 2 unspecified atom stereocenters. The Bertz CT molecular complexity index is 439. The number of carbonyl (C=O) groups is 1. The Morgan fingerprint density at radius 2 is 2.24 bits per heavy atom. The summed E-state index contributed by atoms with van der Waals surface area (Å²) in [5.74, 6) is -0.0780. The molecule has 0 saturated heterocycles. The molecule has 3 N–H and O–H groups in total. The number of benzene rings is 1. The van der Waals surface area contributed by atoms with Crippen molar-refractivity contribution in [2.45, 2.75) is 25.3 Å². The SMILES string of the molecule is NC1CCCC1C(=O)Nc1ccc(Br)c(Cl)c1. The van der Waals surface area contributed by atoms with Gasteiger partial charge in [-0.15, -0.1) is 0 Å². The zero-order valence-electron chi connectivity index (χ0n) is 9.25. The molecule has 1 amide bonds. The van der Waals surface area contributed by atoms with Crippen LogP contribution in [0.3, 0.4) is 0 Å². The number of carbonyl (C=O) groups excluding carboxylic acids is 1. The molecule has 2 atom stereocenters. The van der Waals surface area contributed by atoms with Gasteiger partial charge in [0.15, 0.2) is 0 Å². The van der Waals surface area contributed by atoms with Crippen molar-refractivity contribution in [3.8, 4) is 0 Å². The van der Waals surface area contributed by atoms with Crippen molar-refractivity contribution >= 4 is 39.1 Å². The highest BCUT2D eigenvalue weighted by molar-refractivity contribution is 9.10. The molecule has 2 rings (SSSR count). The second kappa shape index (κ2) is 5.38. The van der Waals surface area contributed by atoms with Crippen molar-refractivity contribution in [3.63, 3.8) is 0 Å². The molecule has 1 fully saturated rings. The van der Waals surface area contributed by atoms with Gasteiger partial charge in [0, 0.05) is 16.2 Å². The first-order chi connectivity index (χ1) is 8.08. The number of halogens is 2. The average molecular weight is 318 g/mol. The van der Waals surface area contributed by atoms with Crippen LogP contribution < -0.4 is 11.1 Å². The molecule has 17 heavy (non-hydrogen) atoms. The minimum Gasteiger partial charge on any atom is -0.327 e. The monoisotopic (exact) mass is 316 g/mol. The van der Waals surface area contributed by atoms with Gasteiger partial charge in [0.05, 0.1) is 10.9 Å². The Hall–Kier alpha value is -0.580. The molecule has 1 aliphatic rings. The lowest BCUT2D eigenvalue weighted by Gasteiger charge is -2.15. The number of amides is 1. The van der Waals surface area contributed by atoms with Crippen molar-refractivity contribution in [1.29, 1.82) is 0 Å². The maximum Gasteiger partial charge on any atom is 0.229 e. The summed E-state index contributed by atoms with van der Waals surface area (Å²) in [6.45, 7) is 0. The number of anilines is 1. The van der Waals surface area contributed by atoms with Crippen LogP contribution in [0.2, 0.25) is 5.02 Å². The Morgan fingerprint density at radius 3 is 2.82 bits per heavy atom. The van der Waals surface area contributed by atoms with Gasteiger partial charge in [0.2, 0.25) is 5.91 Å². The van der Waals surface area contributed by atoms with E-state index in [0.717, 1.165) is 23.7 Å². The molecular formula is C12H14BrClN2O. The van der Waals surface area contributed by atoms with Crippen LogP contribution in [0.5, 0.6) is 0 Å². The lowest BCUT2D eigenvalue weighted by molar-refractivity contribution is -0.120. The third-order valence-corrected chi connectivity index (χ3v) is 4.33. The summed E-state index contributed by atoms with van der Waals surface area (Å²) < 4.78 is 0.815. The Balaban J connectivity index is 2.05. The molecular weight excluding hydrogens is 304 g/mol. The summed E-state index contributed by atoms with van der Waals surface area (Å²) in [4.78, 5) is 12.0. The van der Waals surface area contributed by atoms with E-state index in [1.54, 1.807) is 6.07 Å². The van der Waals surface area contributed by atoms with Crippen molar-refractivity contribution in [2.24, 2.45) is 11.7 Å². The van der Waals surface area contributed by atoms with E-state index >= 15 is 0 Å². The molecule has 1 aliphatic carbocycles. The van der Waals surface area contributed by atoms with Crippen LogP contribution in [0.25, 0.3) is 0 Å². The van der Waals surface area contributed by atoms with Crippen LogP contribution in [0.15, 0.2) is 22.7 Å². The van der Waals surface area contributed by atoms with Crippen LogP contribution >= 0.6 is 27.5 Å². The number of rotatable bonds is 2. The average Bonchev–Trinajstić information content (AvgIpc) is 2.70. The quantitative estimate of drug-likeness (QED) is 0.880. The summed E-state index contributed by atoms with van der Waals surface area (Å²) in [5.41, 5.74) is 6.60. The number of hydrogen-bond donors (Lipinski definition) is 2. The predicted octanol–water partition coefficient (Wildman–Crippen LogP) is 3.17. The van der Waals surface area contributed by atoms with Gasteiger partial charge in [-0.3, -0.25) is 4.79 Å². The van der Waals surface area contributed by atoms with Gasteiger partial charge >= 0.3 is 0 Å². The lowest BCUT2D eigenvalue weighted by Crippen LogP contribution is -2.34. The fourth-order valence-corrected chi connectivity index (χ4v) is 2.55. The van der Waals surface area contributed by atoms with E-state index in [1.165, 1.54) is 0 Å². The highest BCUT2D eigenvalue weighted by Gasteiger charge is 2.30. The fraction of sp³-hybridized carbons (Fsp3) is 0.417. The Kier molecular flexibility index (Phi) is 4.07. The van der Waals surface area contributed by atoms with Crippen molar-refractivity contribution < 1.29 is 4.79 Å². The van der Waals surface area contributed by atoms with E-state index < -0.39 is 0 Å². The smallest absolute Gasteiger partial charge is 0.229 e. The number of hydrogen-bond acceptors (Lipinski definition) is 2. The maximum atomic E-state index is 12.0. The second-order valence-corrected chi connectivity index (χ2v) is 5.58. The predicted molar refractivity (Wildman–Crippen MR) is 73.1 cm³/mol. The van der Waals surface area contributed by atoms with Gasteiger partial charge in [0.1, 0.15) is 0 Å². The van der Waals surface area contributed by atoms with Gasteiger partial charge < -0.3 is 11.1 Å². The van der Waals surface area contributed by atoms with Crippen LogP contribution in [-0.2, 0) is 4.79 Å².